The topological polar surface area (TPSA) is 42.4 Å². The van der Waals surface area contributed by atoms with E-state index in [1.165, 1.54) is 23.5 Å². The van der Waals surface area contributed by atoms with Crippen molar-refractivity contribution in [2.75, 3.05) is 6.61 Å². The molecule has 0 saturated carbocycles. The lowest BCUT2D eigenvalue weighted by Gasteiger charge is -2.38. The van der Waals surface area contributed by atoms with E-state index in [4.69, 9.17) is 4.74 Å². The van der Waals surface area contributed by atoms with Crippen molar-refractivity contribution in [3.05, 3.63) is 43.9 Å². The van der Waals surface area contributed by atoms with Crippen molar-refractivity contribution in [3.63, 3.8) is 0 Å². The predicted molar refractivity (Wildman–Crippen MR) is 90.0 cm³/mol. The first-order chi connectivity index (χ1) is 10.2. The standard InChI is InChI=1S/C15H16F2INO2S/c1-14(2,3)15(20,11-6-19-8-22-11)7-21-10-5-4-9(18)12(16)13(10)17/h4-6,8,20H,7H2,1-3H3. The molecule has 1 unspecified atom stereocenters. The molecule has 2 rings (SSSR count). The van der Waals surface area contributed by atoms with Gasteiger partial charge in [-0.2, -0.15) is 4.39 Å². The zero-order valence-corrected chi connectivity index (χ0v) is 15.3. The molecule has 0 fully saturated rings. The van der Waals surface area contributed by atoms with Crippen molar-refractivity contribution in [1.82, 2.24) is 4.98 Å². The molecule has 1 aromatic heterocycles. The van der Waals surface area contributed by atoms with Crippen LogP contribution in [0, 0.1) is 20.6 Å². The van der Waals surface area contributed by atoms with Crippen LogP contribution in [0.25, 0.3) is 0 Å². The van der Waals surface area contributed by atoms with Crippen molar-refractivity contribution >= 4 is 33.9 Å². The number of thiazole rings is 1. The molecule has 22 heavy (non-hydrogen) atoms. The molecular formula is C15H16F2INO2S. The highest BCUT2D eigenvalue weighted by Crippen LogP contribution is 2.41. The number of aliphatic hydroxyl groups is 1. The molecule has 0 radical (unpaired) electrons. The zero-order chi connectivity index (χ0) is 16.5. The second-order valence-corrected chi connectivity index (χ2v) is 7.99. The molecule has 0 aliphatic carbocycles. The van der Waals surface area contributed by atoms with E-state index in [2.05, 4.69) is 4.98 Å². The van der Waals surface area contributed by atoms with Crippen LogP contribution >= 0.6 is 33.9 Å². The Bertz CT molecular complexity index is 658. The highest BCUT2D eigenvalue weighted by Gasteiger charge is 2.44. The van der Waals surface area contributed by atoms with E-state index >= 15 is 0 Å². The number of aromatic nitrogens is 1. The van der Waals surface area contributed by atoms with Crippen LogP contribution in [0.5, 0.6) is 5.75 Å². The molecule has 0 bridgehead atoms. The fourth-order valence-electron chi connectivity index (χ4n) is 1.88. The van der Waals surface area contributed by atoms with Gasteiger partial charge in [0.25, 0.3) is 0 Å². The minimum atomic E-state index is -1.36. The molecule has 1 aromatic carbocycles. The zero-order valence-electron chi connectivity index (χ0n) is 12.4. The Balaban J connectivity index is 2.29. The lowest BCUT2D eigenvalue weighted by molar-refractivity contribution is -0.0924. The monoisotopic (exact) mass is 439 g/mol. The number of halogens is 3. The normalized spacial score (nSPS) is 14.7. The Morgan fingerprint density at radius 1 is 1.27 bits per heavy atom. The maximum Gasteiger partial charge on any atom is 0.201 e. The Morgan fingerprint density at radius 2 is 1.95 bits per heavy atom. The average Bonchev–Trinajstić information content (AvgIpc) is 2.97. The number of rotatable bonds is 4. The van der Waals surface area contributed by atoms with E-state index in [0.717, 1.165) is 0 Å². The van der Waals surface area contributed by atoms with E-state index in [1.807, 2.05) is 20.8 Å². The van der Waals surface area contributed by atoms with Crippen LogP contribution in [-0.2, 0) is 5.60 Å². The van der Waals surface area contributed by atoms with Crippen molar-refractivity contribution in [3.8, 4) is 5.75 Å². The summed E-state index contributed by atoms with van der Waals surface area (Å²) in [5, 5.41) is 11.0. The molecule has 0 amide bonds. The summed E-state index contributed by atoms with van der Waals surface area (Å²) in [6.45, 7) is 5.35. The van der Waals surface area contributed by atoms with Gasteiger partial charge in [-0.25, -0.2) is 4.39 Å². The third-order valence-corrected chi connectivity index (χ3v) is 5.27. The number of nitrogens with zero attached hydrogens (tertiary/aromatic N) is 1. The summed E-state index contributed by atoms with van der Waals surface area (Å²) in [7, 11) is 0. The summed E-state index contributed by atoms with van der Waals surface area (Å²) in [6, 6.07) is 2.78. The first kappa shape index (κ1) is 17.6. The molecule has 1 N–H and O–H groups in total. The highest BCUT2D eigenvalue weighted by molar-refractivity contribution is 14.1. The molecular weight excluding hydrogens is 423 g/mol. The van der Waals surface area contributed by atoms with Gasteiger partial charge in [0.2, 0.25) is 5.82 Å². The minimum Gasteiger partial charge on any atom is -0.487 e. The summed E-state index contributed by atoms with van der Waals surface area (Å²) in [6.07, 6.45) is 1.56. The lowest BCUT2D eigenvalue weighted by atomic mass is 9.76. The van der Waals surface area contributed by atoms with Crippen LogP contribution in [0.1, 0.15) is 25.6 Å². The smallest absolute Gasteiger partial charge is 0.201 e. The molecule has 0 spiro atoms. The summed E-state index contributed by atoms with van der Waals surface area (Å²) < 4.78 is 33.0. The van der Waals surface area contributed by atoms with Gasteiger partial charge >= 0.3 is 0 Å². The number of hydrogen-bond donors (Lipinski definition) is 1. The Kier molecular flexibility index (Phi) is 5.08. The Morgan fingerprint density at radius 3 is 2.50 bits per heavy atom. The summed E-state index contributed by atoms with van der Waals surface area (Å²) >= 11 is 3.00. The van der Waals surface area contributed by atoms with Crippen LogP contribution in [0.4, 0.5) is 8.78 Å². The fourth-order valence-corrected chi connectivity index (χ4v) is 3.21. The van der Waals surface area contributed by atoms with Gasteiger partial charge < -0.3 is 9.84 Å². The van der Waals surface area contributed by atoms with Crippen LogP contribution in [0.3, 0.4) is 0 Å². The number of hydrogen-bond acceptors (Lipinski definition) is 4. The van der Waals surface area contributed by atoms with Gasteiger partial charge in [-0.1, -0.05) is 20.8 Å². The van der Waals surface area contributed by atoms with Crippen molar-refractivity contribution in [1.29, 1.82) is 0 Å². The van der Waals surface area contributed by atoms with E-state index in [9.17, 15) is 13.9 Å². The van der Waals surface area contributed by atoms with Crippen molar-refractivity contribution in [2.24, 2.45) is 5.41 Å². The molecule has 120 valence electrons. The minimum absolute atomic E-state index is 0.177. The molecule has 3 nitrogen and oxygen atoms in total. The maximum absolute atomic E-state index is 13.9. The number of ether oxygens (including phenoxy) is 1. The van der Waals surface area contributed by atoms with E-state index in [-0.39, 0.29) is 15.9 Å². The van der Waals surface area contributed by atoms with Gasteiger partial charge in [0.15, 0.2) is 11.6 Å². The first-order valence-electron chi connectivity index (χ1n) is 6.54. The number of benzene rings is 1. The Labute approximate surface area is 145 Å². The summed E-state index contributed by atoms with van der Waals surface area (Å²) in [5.41, 5.74) is -0.324. The average molecular weight is 439 g/mol. The molecule has 0 saturated heterocycles. The fraction of sp³-hybridized carbons (Fsp3) is 0.400. The van der Waals surface area contributed by atoms with Crippen LogP contribution in [-0.4, -0.2) is 16.7 Å². The largest absolute Gasteiger partial charge is 0.487 e. The van der Waals surface area contributed by atoms with Crippen molar-refractivity contribution < 1.29 is 18.6 Å². The summed E-state index contributed by atoms with van der Waals surface area (Å²) in [4.78, 5) is 4.58. The Hall–Kier alpha value is -0.800. The van der Waals surface area contributed by atoms with Gasteiger partial charge in [-0.05, 0) is 40.1 Å². The van der Waals surface area contributed by atoms with Crippen LogP contribution < -0.4 is 4.74 Å². The molecule has 0 aliphatic rings. The molecule has 1 heterocycles. The lowest BCUT2D eigenvalue weighted by Crippen LogP contribution is -2.44. The van der Waals surface area contributed by atoms with E-state index in [1.54, 1.807) is 34.3 Å². The van der Waals surface area contributed by atoms with Crippen LogP contribution in [0.15, 0.2) is 23.8 Å². The molecule has 1 atom stereocenters. The van der Waals surface area contributed by atoms with E-state index < -0.39 is 22.7 Å². The van der Waals surface area contributed by atoms with Gasteiger partial charge in [0.05, 0.1) is 14.0 Å². The van der Waals surface area contributed by atoms with Crippen LogP contribution in [0.2, 0.25) is 0 Å². The molecule has 2 aromatic rings. The SMILES string of the molecule is CC(C)(C)C(O)(COc1ccc(I)c(F)c1F)c1cncs1. The third-order valence-electron chi connectivity index (χ3n) is 3.52. The van der Waals surface area contributed by atoms with Gasteiger partial charge in [0.1, 0.15) is 12.2 Å². The van der Waals surface area contributed by atoms with Crippen molar-refractivity contribution in [2.45, 2.75) is 26.4 Å². The second-order valence-electron chi connectivity index (χ2n) is 5.94. The first-order valence-corrected chi connectivity index (χ1v) is 8.50. The van der Waals surface area contributed by atoms with Gasteiger partial charge in [-0.15, -0.1) is 11.3 Å². The summed E-state index contributed by atoms with van der Waals surface area (Å²) in [5.74, 6) is -2.22. The van der Waals surface area contributed by atoms with Gasteiger partial charge in [-0.3, -0.25) is 4.98 Å². The second kappa shape index (κ2) is 6.37. The van der Waals surface area contributed by atoms with E-state index in [0.29, 0.717) is 4.88 Å². The van der Waals surface area contributed by atoms with Gasteiger partial charge in [0, 0.05) is 6.20 Å². The maximum atomic E-state index is 13.9. The molecule has 0 aliphatic heterocycles. The molecule has 7 heteroatoms. The predicted octanol–water partition coefficient (Wildman–Crippen LogP) is 4.34. The highest BCUT2D eigenvalue weighted by atomic mass is 127. The quantitative estimate of drug-likeness (QED) is 0.570. The third kappa shape index (κ3) is 3.26.